The third kappa shape index (κ3) is 4.88. The number of thiazole rings is 1. The monoisotopic (exact) mass is 457 g/mol. The summed E-state index contributed by atoms with van der Waals surface area (Å²) >= 11 is 1.20. The molecule has 7 nitrogen and oxygen atoms in total. The number of rotatable bonds is 7. The summed E-state index contributed by atoms with van der Waals surface area (Å²) in [6.07, 6.45) is 4.17. The van der Waals surface area contributed by atoms with Crippen molar-refractivity contribution in [2.45, 2.75) is 30.2 Å². The second-order valence-electron chi connectivity index (χ2n) is 7.32. The molecule has 0 aliphatic carbocycles. The van der Waals surface area contributed by atoms with Crippen LogP contribution in [0.1, 0.15) is 28.8 Å². The van der Waals surface area contributed by atoms with Gasteiger partial charge in [-0.3, -0.25) is 9.52 Å². The smallest absolute Gasteiger partial charge is 0.263 e. The first-order valence-electron chi connectivity index (χ1n) is 9.92. The largest absolute Gasteiger partial charge is 0.497 e. The van der Waals surface area contributed by atoms with Crippen LogP contribution in [0.25, 0.3) is 0 Å². The minimum atomic E-state index is -3.74. The Balaban J connectivity index is 1.47. The average molecular weight is 458 g/mol. The predicted molar refractivity (Wildman–Crippen MR) is 120 cm³/mol. The molecule has 1 saturated heterocycles. The van der Waals surface area contributed by atoms with Gasteiger partial charge in [-0.15, -0.1) is 11.3 Å². The summed E-state index contributed by atoms with van der Waals surface area (Å²) in [4.78, 5) is 19.0. The fourth-order valence-corrected chi connectivity index (χ4v) is 5.57. The van der Waals surface area contributed by atoms with Gasteiger partial charge in [0, 0.05) is 29.7 Å². The third-order valence-corrected chi connectivity index (χ3v) is 7.48. The Kier molecular flexibility index (Phi) is 6.24. The zero-order valence-corrected chi connectivity index (χ0v) is 18.7. The summed E-state index contributed by atoms with van der Waals surface area (Å²) in [5.41, 5.74) is 1.60. The number of methoxy groups -OCH3 is 1. The number of aromatic nitrogens is 1. The molecule has 1 atom stereocenters. The van der Waals surface area contributed by atoms with E-state index in [9.17, 15) is 13.2 Å². The Hall–Kier alpha value is -2.91. The van der Waals surface area contributed by atoms with E-state index in [1.54, 1.807) is 24.6 Å². The van der Waals surface area contributed by atoms with Crippen molar-refractivity contribution in [3.63, 3.8) is 0 Å². The van der Waals surface area contributed by atoms with E-state index in [1.165, 1.54) is 29.7 Å². The van der Waals surface area contributed by atoms with Gasteiger partial charge in [-0.1, -0.05) is 12.1 Å². The van der Waals surface area contributed by atoms with Crippen LogP contribution >= 0.6 is 11.3 Å². The number of carbonyl (C=O) groups is 1. The van der Waals surface area contributed by atoms with Crippen LogP contribution in [-0.4, -0.2) is 43.9 Å². The second-order valence-corrected chi connectivity index (χ2v) is 9.89. The molecule has 0 saturated carbocycles. The van der Waals surface area contributed by atoms with Crippen molar-refractivity contribution in [1.82, 2.24) is 9.88 Å². The van der Waals surface area contributed by atoms with E-state index in [4.69, 9.17) is 4.74 Å². The quantitative estimate of drug-likeness (QED) is 0.583. The fourth-order valence-electron chi connectivity index (χ4n) is 3.78. The number of nitrogens with one attached hydrogen (secondary N) is 1. The van der Waals surface area contributed by atoms with Crippen molar-refractivity contribution >= 4 is 32.4 Å². The lowest BCUT2D eigenvalue weighted by molar-refractivity contribution is 0.0736. The Bertz CT molecular complexity index is 1150. The molecule has 1 unspecified atom stereocenters. The minimum Gasteiger partial charge on any atom is -0.497 e. The van der Waals surface area contributed by atoms with E-state index in [-0.39, 0.29) is 16.8 Å². The van der Waals surface area contributed by atoms with Crippen LogP contribution in [0.15, 0.2) is 65.0 Å². The molecule has 2 aromatic carbocycles. The molecule has 1 aliphatic heterocycles. The van der Waals surface area contributed by atoms with Crippen LogP contribution in [0.5, 0.6) is 5.75 Å². The molecule has 9 heteroatoms. The van der Waals surface area contributed by atoms with Gasteiger partial charge in [0.05, 0.1) is 12.0 Å². The summed E-state index contributed by atoms with van der Waals surface area (Å²) in [6.45, 7) is 0.694. The molecule has 4 rings (SSSR count). The van der Waals surface area contributed by atoms with Gasteiger partial charge >= 0.3 is 0 Å². The SMILES string of the molecule is COc1cccc(CC2CCCN2C(=O)c2ccc(S(=O)(=O)Nc3nccs3)cc2)c1. The van der Waals surface area contributed by atoms with Crippen molar-refractivity contribution in [1.29, 1.82) is 0 Å². The summed E-state index contributed by atoms with van der Waals surface area (Å²) in [7, 11) is -2.10. The normalized spacial score (nSPS) is 16.3. The molecule has 3 aromatic rings. The van der Waals surface area contributed by atoms with Gasteiger partial charge in [0.25, 0.3) is 15.9 Å². The minimum absolute atomic E-state index is 0.0813. The van der Waals surface area contributed by atoms with Gasteiger partial charge in [0.2, 0.25) is 0 Å². The van der Waals surface area contributed by atoms with E-state index in [1.807, 2.05) is 29.2 Å². The molecule has 1 amide bonds. The van der Waals surface area contributed by atoms with Crippen molar-refractivity contribution in [3.05, 3.63) is 71.2 Å². The summed E-state index contributed by atoms with van der Waals surface area (Å²) < 4.78 is 32.7. The van der Waals surface area contributed by atoms with Crippen LogP contribution in [0.2, 0.25) is 0 Å². The second kappa shape index (κ2) is 9.07. The van der Waals surface area contributed by atoms with Crippen LogP contribution < -0.4 is 9.46 Å². The van der Waals surface area contributed by atoms with E-state index in [2.05, 4.69) is 9.71 Å². The van der Waals surface area contributed by atoms with Gasteiger partial charge in [-0.2, -0.15) is 0 Å². The van der Waals surface area contributed by atoms with E-state index < -0.39 is 10.0 Å². The van der Waals surface area contributed by atoms with Crippen LogP contribution in [-0.2, 0) is 16.4 Å². The molecular formula is C22H23N3O4S2. The maximum atomic E-state index is 13.1. The Morgan fingerprint density at radius 1 is 1.26 bits per heavy atom. The number of carbonyl (C=O) groups excluding carboxylic acids is 1. The highest BCUT2D eigenvalue weighted by molar-refractivity contribution is 7.93. The average Bonchev–Trinajstić information content (AvgIpc) is 3.45. The number of benzene rings is 2. The van der Waals surface area contributed by atoms with E-state index in [0.717, 1.165) is 30.6 Å². The highest BCUT2D eigenvalue weighted by Crippen LogP contribution is 2.25. The molecule has 0 radical (unpaired) electrons. The zero-order chi connectivity index (χ0) is 21.8. The Morgan fingerprint density at radius 2 is 2.06 bits per heavy atom. The molecular weight excluding hydrogens is 434 g/mol. The third-order valence-electron chi connectivity index (χ3n) is 5.31. The van der Waals surface area contributed by atoms with Gasteiger partial charge in [-0.05, 0) is 61.2 Å². The molecule has 0 spiro atoms. The van der Waals surface area contributed by atoms with Gasteiger partial charge in [0.15, 0.2) is 5.13 Å². The first-order chi connectivity index (χ1) is 15.0. The maximum Gasteiger partial charge on any atom is 0.263 e. The number of hydrogen-bond donors (Lipinski definition) is 1. The van der Waals surface area contributed by atoms with Crippen molar-refractivity contribution in [2.24, 2.45) is 0 Å². The lowest BCUT2D eigenvalue weighted by atomic mass is 10.0. The number of likely N-dealkylation sites (tertiary alicyclic amines) is 1. The van der Waals surface area contributed by atoms with Crippen molar-refractivity contribution in [2.75, 3.05) is 18.4 Å². The molecule has 162 valence electrons. The topological polar surface area (TPSA) is 88.6 Å². The van der Waals surface area contributed by atoms with Crippen LogP contribution in [0.4, 0.5) is 5.13 Å². The van der Waals surface area contributed by atoms with E-state index in [0.29, 0.717) is 17.2 Å². The van der Waals surface area contributed by atoms with Gasteiger partial charge in [0.1, 0.15) is 5.75 Å². The predicted octanol–water partition coefficient (Wildman–Crippen LogP) is 3.80. The summed E-state index contributed by atoms with van der Waals surface area (Å²) in [5, 5.41) is 2.00. The molecule has 1 N–H and O–H groups in total. The number of amides is 1. The number of ether oxygens (including phenoxy) is 1. The zero-order valence-electron chi connectivity index (χ0n) is 17.0. The van der Waals surface area contributed by atoms with Gasteiger partial charge in [-0.25, -0.2) is 13.4 Å². The number of hydrogen-bond acceptors (Lipinski definition) is 6. The molecule has 31 heavy (non-hydrogen) atoms. The van der Waals surface area contributed by atoms with Gasteiger partial charge < -0.3 is 9.64 Å². The van der Waals surface area contributed by atoms with Crippen LogP contribution in [0, 0.1) is 0 Å². The maximum absolute atomic E-state index is 13.1. The molecule has 2 heterocycles. The van der Waals surface area contributed by atoms with Crippen LogP contribution in [0.3, 0.4) is 0 Å². The molecule has 1 fully saturated rings. The Morgan fingerprint density at radius 3 is 2.77 bits per heavy atom. The molecule has 1 aromatic heterocycles. The van der Waals surface area contributed by atoms with E-state index >= 15 is 0 Å². The highest BCUT2D eigenvalue weighted by atomic mass is 32.2. The summed E-state index contributed by atoms with van der Waals surface area (Å²) in [6, 6.07) is 14.0. The standard InChI is InChI=1S/C22H23N3O4S2/c1-29-19-6-2-4-16(15-19)14-18-5-3-12-25(18)21(26)17-7-9-20(10-8-17)31(27,28)24-22-23-11-13-30-22/h2,4,6-11,13,15,18H,3,5,12,14H2,1H3,(H,23,24). The highest BCUT2D eigenvalue weighted by Gasteiger charge is 2.29. The number of nitrogens with zero attached hydrogens (tertiary/aromatic N) is 2. The lowest BCUT2D eigenvalue weighted by Gasteiger charge is -2.25. The fraction of sp³-hybridized carbons (Fsp3) is 0.273. The Labute approximate surface area is 185 Å². The molecule has 1 aliphatic rings. The first kappa shape index (κ1) is 21.3. The lowest BCUT2D eigenvalue weighted by Crippen LogP contribution is -2.36. The molecule has 0 bridgehead atoms. The number of sulfonamides is 1. The first-order valence-corrected chi connectivity index (χ1v) is 12.3. The summed E-state index contributed by atoms with van der Waals surface area (Å²) in [5.74, 6) is 0.721. The van der Waals surface area contributed by atoms with Crippen molar-refractivity contribution in [3.8, 4) is 5.75 Å². The van der Waals surface area contributed by atoms with Crippen molar-refractivity contribution < 1.29 is 17.9 Å². The number of anilines is 1.